The molecule has 1 atom stereocenters. The minimum Gasteiger partial charge on any atom is -0.396 e. The monoisotopic (exact) mass is 439 g/mol. The predicted molar refractivity (Wildman–Crippen MR) is 122 cm³/mol. The molecule has 162 valence electrons. The second-order valence-corrected chi connectivity index (χ2v) is 9.51. The van der Waals surface area contributed by atoms with Crippen molar-refractivity contribution in [2.75, 3.05) is 23.7 Å². The first-order chi connectivity index (χ1) is 15.0. The number of rotatable bonds is 3. The summed E-state index contributed by atoms with van der Waals surface area (Å²) < 4.78 is 15.2. The van der Waals surface area contributed by atoms with E-state index in [1.165, 1.54) is 17.8 Å². The lowest BCUT2D eigenvalue weighted by atomic mass is 9.87. The molecule has 1 fully saturated rings. The number of hydrogen-bond donors (Lipinski definition) is 2. The maximum atomic E-state index is 15.2. The fourth-order valence-corrected chi connectivity index (χ4v) is 5.69. The van der Waals surface area contributed by atoms with Crippen molar-refractivity contribution in [2.45, 2.75) is 51.5 Å². The molecule has 1 aliphatic carbocycles. The predicted octanol–water partition coefficient (Wildman–Crippen LogP) is 4.00. The number of anilines is 2. The highest BCUT2D eigenvalue weighted by molar-refractivity contribution is 7.21. The van der Waals surface area contributed by atoms with Crippen molar-refractivity contribution in [1.29, 1.82) is 0 Å². The Kier molecular flexibility index (Phi) is 5.25. The lowest BCUT2D eigenvalue weighted by Gasteiger charge is -2.32. The number of nitrogens with zero attached hydrogens (tertiary/aromatic N) is 3. The van der Waals surface area contributed by atoms with Crippen LogP contribution in [0.3, 0.4) is 0 Å². The molecule has 0 saturated carbocycles. The Hall–Kier alpha value is -2.74. The number of nitrogen functional groups attached to an aromatic ring is 1. The number of benzene rings is 1. The van der Waals surface area contributed by atoms with Gasteiger partial charge in [-0.25, -0.2) is 14.4 Å². The normalized spacial score (nSPS) is 18.8. The van der Waals surface area contributed by atoms with Crippen LogP contribution in [0.5, 0.6) is 0 Å². The third kappa shape index (κ3) is 3.73. The van der Waals surface area contributed by atoms with Crippen molar-refractivity contribution < 1.29 is 9.18 Å². The number of nitrogens with two attached hydrogens (primary N) is 1. The number of hydrogen-bond acceptors (Lipinski definition) is 6. The van der Waals surface area contributed by atoms with Crippen LogP contribution in [0.1, 0.15) is 52.2 Å². The van der Waals surface area contributed by atoms with E-state index in [0.717, 1.165) is 48.4 Å². The molecule has 3 N–H and O–H groups in total. The summed E-state index contributed by atoms with van der Waals surface area (Å²) in [6, 6.07) is 3.89. The van der Waals surface area contributed by atoms with Crippen LogP contribution < -0.4 is 16.0 Å². The molecule has 1 aliphatic heterocycles. The fourth-order valence-electron chi connectivity index (χ4n) is 4.69. The summed E-state index contributed by atoms with van der Waals surface area (Å²) >= 11 is 1.26. The molecule has 5 rings (SSSR count). The minimum atomic E-state index is -0.209. The Morgan fingerprint density at radius 2 is 2.10 bits per heavy atom. The number of aromatic nitrogens is 2. The standard InChI is InChI=1S/C23H26FN5OS/c1-13-12-26-20-19(25)21(31-23(20)27-13)22(30)28-15-6-7-16-14(11-15)5-8-17(18(16)24)29-9-3-2-4-10-29/h5,8,12,15H,2-4,6-7,9-11,25H2,1H3,(H,28,30)/t15-/m0/s1. The molecule has 2 aromatic heterocycles. The van der Waals surface area contributed by atoms with E-state index in [1.807, 2.05) is 19.1 Å². The van der Waals surface area contributed by atoms with E-state index in [2.05, 4.69) is 20.2 Å². The van der Waals surface area contributed by atoms with Crippen molar-refractivity contribution in [3.63, 3.8) is 0 Å². The van der Waals surface area contributed by atoms with Gasteiger partial charge >= 0.3 is 0 Å². The van der Waals surface area contributed by atoms with Crippen molar-refractivity contribution in [3.05, 3.63) is 45.8 Å². The van der Waals surface area contributed by atoms with E-state index in [-0.39, 0.29) is 17.8 Å². The zero-order valence-corrected chi connectivity index (χ0v) is 18.4. The van der Waals surface area contributed by atoms with Gasteiger partial charge in [-0.3, -0.25) is 4.79 Å². The Morgan fingerprint density at radius 1 is 1.29 bits per heavy atom. The quantitative estimate of drug-likeness (QED) is 0.644. The van der Waals surface area contributed by atoms with Gasteiger partial charge in [0.2, 0.25) is 0 Å². The highest BCUT2D eigenvalue weighted by atomic mass is 32.1. The summed E-state index contributed by atoms with van der Waals surface area (Å²) in [6.07, 6.45) is 7.07. The van der Waals surface area contributed by atoms with Crippen molar-refractivity contribution >= 4 is 39.0 Å². The number of aryl methyl sites for hydroxylation is 1. The smallest absolute Gasteiger partial charge is 0.263 e. The lowest BCUT2D eigenvalue weighted by Crippen LogP contribution is -2.39. The lowest BCUT2D eigenvalue weighted by molar-refractivity contribution is 0.0938. The molecule has 2 aliphatic rings. The highest BCUT2D eigenvalue weighted by Gasteiger charge is 2.27. The number of piperidine rings is 1. The van der Waals surface area contributed by atoms with Crippen LogP contribution in [0, 0.1) is 12.7 Å². The van der Waals surface area contributed by atoms with Crippen molar-refractivity contribution in [2.24, 2.45) is 0 Å². The molecule has 6 nitrogen and oxygen atoms in total. The third-order valence-corrected chi connectivity index (χ3v) is 7.41. The number of fused-ring (bicyclic) bond motifs is 2. The van der Waals surface area contributed by atoms with E-state index < -0.39 is 0 Å². The van der Waals surface area contributed by atoms with Crippen LogP contribution in [-0.4, -0.2) is 35.0 Å². The average molecular weight is 440 g/mol. The first kappa shape index (κ1) is 20.2. The SMILES string of the molecule is Cc1cnc2c(N)c(C(=O)N[C@H]3CCc4c(ccc(N5CCCCC5)c4F)C3)sc2n1. The first-order valence-corrected chi connectivity index (χ1v) is 11.7. The Labute approximate surface area is 184 Å². The second-order valence-electron chi connectivity index (χ2n) is 8.51. The molecule has 1 aromatic carbocycles. The van der Waals surface area contributed by atoms with Crippen molar-refractivity contribution in [3.8, 4) is 0 Å². The van der Waals surface area contributed by atoms with E-state index in [4.69, 9.17) is 5.73 Å². The number of thiophene rings is 1. The van der Waals surface area contributed by atoms with E-state index in [9.17, 15) is 4.79 Å². The molecule has 0 radical (unpaired) electrons. The molecule has 0 unspecified atom stereocenters. The van der Waals surface area contributed by atoms with Gasteiger partial charge in [0.05, 0.1) is 17.1 Å². The van der Waals surface area contributed by atoms with Gasteiger partial charge in [0.25, 0.3) is 5.91 Å². The van der Waals surface area contributed by atoms with Gasteiger partial charge in [-0.1, -0.05) is 6.07 Å². The zero-order valence-electron chi connectivity index (χ0n) is 17.6. The zero-order chi connectivity index (χ0) is 21.5. The van der Waals surface area contributed by atoms with Crippen LogP contribution in [0.25, 0.3) is 10.3 Å². The molecule has 3 aromatic rings. The summed E-state index contributed by atoms with van der Waals surface area (Å²) in [7, 11) is 0. The van der Waals surface area contributed by atoms with Crippen LogP contribution in [0.15, 0.2) is 18.3 Å². The number of nitrogens with one attached hydrogen (secondary N) is 1. The summed E-state index contributed by atoms with van der Waals surface area (Å²) in [6.45, 7) is 3.71. The van der Waals surface area contributed by atoms with E-state index >= 15 is 4.39 Å². The van der Waals surface area contributed by atoms with Gasteiger partial charge in [0, 0.05) is 25.3 Å². The maximum Gasteiger partial charge on any atom is 0.263 e. The van der Waals surface area contributed by atoms with Crippen LogP contribution in [0.2, 0.25) is 0 Å². The van der Waals surface area contributed by atoms with Gasteiger partial charge in [-0.2, -0.15) is 0 Å². The number of carbonyl (C=O) groups excluding carboxylic acids is 1. The second kappa shape index (κ2) is 8.07. The third-order valence-electron chi connectivity index (χ3n) is 6.33. The maximum absolute atomic E-state index is 15.2. The summed E-state index contributed by atoms with van der Waals surface area (Å²) in [5, 5.41) is 3.09. The highest BCUT2D eigenvalue weighted by Crippen LogP contribution is 2.33. The molecule has 1 amide bonds. The number of carbonyl (C=O) groups is 1. The van der Waals surface area contributed by atoms with Gasteiger partial charge in [0.1, 0.15) is 21.0 Å². The Bertz CT molecular complexity index is 1150. The molecule has 31 heavy (non-hydrogen) atoms. The molecule has 3 heterocycles. The number of amides is 1. The molecule has 0 bridgehead atoms. The van der Waals surface area contributed by atoms with Crippen LogP contribution in [-0.2, 0) is 12.8 Å². The number of halogens is 1. The summed E-state index contributed by atoms with van der Waals surface area (Å²) in [5.74, 6) is -0.288. The topological polar surface area (TPSA) is 84.1 Å². The molecule has 1 saturated heterocycles. The van der Waals surface area contributed by atoms with Gasteiger partial charge < -0.3 is 16.0 Å². The van der Waals surface area contributed by atoms with Crippen LogP contribution in [0.4, 0.5) is 15.8 Å². The van der Waals surface area contributed by atoms with Gasteiger partial charge in [0.15, 0.2) is 0 Å². The fraction of sp³-hybridized carbons (Fsp3) is 0.435. The Morgan fingerprint density at radius 3 is 2.90 bits per heavy atom. The van der Waals surface area contributed by atoms with Gasteiger partial charge in [-0.05, 0) is 62.6 Å². The largest absolute Gasteiger partial charge is 0.396 e. The minimum absolute atomic E-state index is 0.0486. The van der Waals surface area contributed by atoms with E-state index in [1.54, 1.807) is 6.20 Å². The van der Waals surface area contributed by atoms with E-state index in [0.29, 0.717) is 40.2 Å². The van der Waals surface area contributed by atoms with Gasteiger partial charge in [-0.15, -0.1) is 11.3 Å². The Balaban J connectivity index is 1.32. The summed E-state index contributed by atoms with van der Waals surface area (Å²) in [5.41, 5.74) is 10.4. The molecular weight excluding hydrogens is 413 g/mol. The summed E-state index contributed by atoms with van der Waals surface area (Å²) in [4.78, 5) is 24.9. The van der Waals surface area contributed by atoms with Crippen molar-refractivity contribution in [1.82, 2.24) is 15.3 Å². The average Bonchev–Trinajstić information content (AvgIpc) is 3.10. The molecule has 8 heteroatoms. The molecule has 0 spiro atoms. The first-order valence-electron chi connectivity index (χ1n) is 10.9. The molecular formula is C23H26FN5OS. The van der Waals surface area contributed by atoms with Crippen LogP contribution >= 0.6 is 11.3 Å².